The fourth-order valence-corrected chi connectivity index (χ4v) is 3.38. The van der Waals surface area contributed by atoms with Crippen LogP contribution in [0.2, 0.25) is 0 Å². The number of nitrogens with zero attached hydrogens (tertiary/aromatic N) is 1. The van der Waals surface area contributed by atoms with Crippen LogP contribution in [-0.4, -0.2) is 13.1 Å². The van der Waals surface area contributed by atoms with Crippen molar-refractivity contribution in [1.29, 1.82) is 0 Å². The maximum Gasteiger partial charge on any atom is 0.0411 e. The summed E-state index contributed by atoms with van der Waals surface area (Å²) in [6, 6.07) is 11.0. The number of anilines is 2. The van der Waals surface area contributed by atoms with E-state index in [4.69, 9.17) is 0 Å². The monoisotopic (exact) mass is 288 g/mol. The molecule has 0 spiro atoms. The molecule has 0 aliphatic rings. The van der Waals surface area contributed by atoms with Crippen molar-refractivity contribution in [1.82, 2.24) is 0 Å². The second kappa shape index (κ2) is 6.80. The first-order valence-electron chi connectivity index (χ1n) is 7.28. The lowest BCUT2D eigenvalue weighted by molar-refractivity contribution is 0.866. The van der Waals surface area contributed by atoms with Crippen LogP contribution < -0.4 is 10.2 Å². The fourth-order valence-electron chi connectivity index (χ4n) is 2.44. The van der Waals surface area contributed by atoms with Gasteiger partial charge >= 0.3 is 0 Å². The number of thiophene rings is 1. The predicted molar refractivity (Wildman–Crippen MR) is 91.1 cm³/mol. The van der Waals surface area contributed by atoms with Gasteiger partial charge in [0.25, 0.3) is 0 Å². The summed E-state index contributed by atoms with van der Waals surface area (Å²) in [5.41, 5.74) is 3.88. The summed E-state index contributed by atoms with van der Waals surface area (Å²) >= 11 is 1.87. The van der Waals surface area contributed by atoms with E-state index in [2.05, 4.69) is 68.2 Å². The molecule has 1 N–H and O–H groups in total. The van der Waals surface area contributed by atoms with Crippen LogP contribution in [0.4, 0.5) is 11.4 Å². The van der Waals surface area contributed by atoms with E-state index < -0.39 is 0 Å². The summed E-state index contributed by atoms with van der Waals surface area (Å²) in [6.07, 6.45) is 0. The Morgan fingerprint density at radius 2 is 1.70 bits per heavy atom. The van der Waals surface area contributed by atoms with Crippen molar-refractivity contribution in [2.45, 2.75) is 34.2 Å². The van der Waals surface area contributed by atoms with Crippen LogP contribution in [0, 0.1) is 13.8 Å². The quantitative estimate of drug-likeness (QED) is 0.819. The third kappa shape index (κ3) is 3.54. The molecule has 2 nitrogen and oxygen atoms in total. The van der Waals surface area contributed by atoms with E-state index in [0.717, 1.165) is 19.6 Å². The van der Waals surface area contributed by atoms with Crippen LogP contribution in [-0.2, 0) is 6.54 Å². The zero-order valence-electron chi connectivity index (χ0n) is 12.9. The molecule has 2 rings (SSSR count). The molecule has 1 aromatic carbocycles. The summed E-state index contributed by atoms with van der Waals surface area (Å²) in [7, 11) is 0. The minimum Gasteiger partial charge on any atom is -0.381 e. The highest BCUT2D eigenvalue weighted by molar-refractivity contribution is 7.12. The SMILES string of the molecule is CCN(CC)c1ccc(NCc2cc(C)sc2C)cc1. The summed E-state index contributed by atoms with van der Waals surface area (Å²) in [4.78, 5) is 5.15. The number of hydrogen-bond acceptors (Lipinski definition) is 3. The minimum absolute atomic E-state index is 0.904. The predicted octanol–water partition coefficient (Wildman–Crippen LogP) is 4.82. The van der Waals surface area contributed by atoms with Crippen molar-refractivity contribution < 1.29 is 0 Å². The highest BCUT2D eigenvalue weighted by atomic mass is 32.1. The second-order valence-corrected chi connectivity index (χ2v) is 6.47. The average molecular weight is 288 g/mol. The molecule has 0 fully saturated rings. The molecule has 0 bridgehead atoms. The standard InChI is InChI=1S/C17H24N2S/c1-5-19(6-2)17-9-7-16(8-10-17)18-12-15-11-13(3)20-14(15)4/h7-11,18H,5-6,12H2,1-4H3. The van der Waals surface area contributed by atoms with Crippen molar-refractivity contribution in [3.63, 3.8) is 0 Å². The van der Waals surface area contributed by atoms with Gasteiger partial charge in [-0.05, 0) is 63.6 Å². The van der Waals surface area contributed by atoms with Crippen LogP contribution in [0.25, 0.3) is 0 Å². The Morgan fingerprint density at radius 3 is 2.20 bits per heavy atom. The molecule has 0 aliphatic carbocycles. The first kappa shape index (κ1) is 14.9. The Balaban J connectivity index is 1.99. The highest BCUT2D eigenvalue weighted by Crippen LogP contribution is 2.22. The third-order valence-corrected chi connectivity index (χ3v) is 4.63. The van der Waals surface area contributed by atoms with Crippen LogP contribution in [0.15, 0.2) is 30.3 Å². The van der Waals surface area contributed by atoms with Gasteiger partial charge in [0.1, 0.15) is 0 Å². The van der Waals surface area contributed by atoms with Gasteiger partial charge < -0.3 is 10.2 Å². The molecule has 0 unspecified atom stereocenters. The lowest BCUT2D eigenvalue weighted by Crippen LogP contribution is -2.21. The van der Waals surface area contributed by atoms with E-state index in [1.807, 2.05) is 11.3 Å². The largest absolute Gasteiger partial charge is 0.381 e. The van der Waals surface area contributed by atoms with Gasteiger partial charge in [-0.2, -0.15) is 0 Å². The van der Waals surface area contributed by atoms with E-state index in [1.54, 1.807) is 0 Å². The Hall–Kier alpha value is -1.48. The van der Waals surface area contributed by atoms with Crippen molar-refractivity contribution in [3.8, 4) is 0 Å². The van der Waals surface area contributed by atoms with Crippen molar-refractivity contribution in [3.05, 3.63) is 45.6 Å². The highest BCUT2D eigenvalue weighted by Gasteiger charge is 2.04. The van der Waals surface area contributed by atoms with Gasteiger partial charge in [-0.1, -0.05) is 0 Å². The van der Waals surface area contributed by atoms with Crippen LogP contribution in [0.5, 0.6) is 0 Å². The Labute approximate surface area is 126 Å². The smallest absolute Gasteiger partial charge is 0.0411 e. The molecule has 0 aliphatic heterocycles. The van der Waals surface area contributed by atoms with Crippen LogP contribution >= 0.6 is 11.3 Å². The average Bonchev–Trinajstić information content (AvgIpc) is 2.77. The topological polar surface area (TPSA) is 15.3 Å². The van der Waals surface area contributed by atoms with Crippen molar-refractivity contribution >= 4 is 22.7 Å². The third-order valence-electron chi connectivity index (χ3n) is 3.62. The molecule has 0 radical (unpaired) electrons. The number of hydrogen-bond donors (Lipinski definition) is 1. The van der Waals surface area contributed by atoms with E-state index in [0.29, 0.717) is 0 Å². The van der Waals surface area contributed by atoms with E-state index >= 15 is 0 Å². The lowest BCUT2D eigenvalue weighted by Gasteiger charge is -2.21. The number of rotatable bonds is 6. The minimum atomic E-state index is 0.904. The molecule has 2 aromatic rings. The molecule has 20 heavy (non-hydrogen) atoms. The summed E-state index contributed by atoms with van der Waals surface area (Å²) in [6.45, 7) is 11.8. The van der Waals surface area contributed by atoms with Gasteiger partial charge in [-0.3, -0.25) is 0 Å². The number of aryl methyl sites for hydroxylation is 2. The van der Waals surface area contributed by atoms with Gasteiger partial charge in [0.15, 0.2) is 0 Å². The van der Waals surface area contributed by atoms with Gasteiger partial charge in [0, 0.05) is 40.8 Å². The Morgan fingerprint density at radius 1 is 1.05 bits per heavy atom. The molecule has 0 saturated carbocycles. The molecule has 3 heteroatoms. The van der Waals surface area contributed by atoms with Gasteiger partial charge in [-0.25, -0.2) is 0 Å². The molecule has 108 valence electrons. The molecule has 1 heterocycles. The van der Waals surface area contributed by atoms with E-state index in [9.17, 15) is 0 Å². The van der Waals surface area contributed by atoms with Crippen molar-refractivity contribution in [2.75, 3.05) is 23.3 Å². The molecule has 0 atom stereocenters. The van der Waals surface area contributed by atoms with Crippen LogP contribution in [0.1, 0.15) is 29.2 Å². The molecule has 0 amide bonds. The van der Waals surface area contributed by atoms with Gasteiger partial charge in [0.05, 0.1) is 0 Å². The maximum absolute atomic E-state index is 3.51. The van der Waals surface area contributed by atoms with E-state index in [1.165, 1.54) is 26.7 Å². The summed E-state index contributed by atoms with van der Waals surface area (Å²) in [5.74, 6) is 0. The first-order chi connectivity index (χ1) is 9.63. The lowest BCUT2D eigenvalue weighted by atomic mass is 10.2. The van der Waals surface area contributed by atoms with Gasteiger partial charge in [-0.15, -0.1) is 11.3 Å². The van der Waals surface area contributed by atoms with Crippen LogP contribution in [0.3, 0.4) is 0 Å². The zero-order chi connectivity index (χ0) is 14.5. The fraction of sp³-hybridized carbons (Fsp3) is 0.412. The summed E-state index contributed by atoms with van der Waals surface area (Å²) in [5, 5.41) is 3.51. The molecule has 0 saturated heterocycles. The maximum atomic E-state index is 3.51. The summed E-state index contributed by atoms with van der Waals surface area (Å²) < 4.78 is 0. The van der Waals surface area contributed by atoms with Crippen molar-refractivity contribution in [2.24, 2.45) is 0 Å². The first-order valence-corrected chi connectivity index (χ1v) is 8.10. The molecular formula is C17H24N2S. The Kier molecular flexibility index (Phi) is 5.07. The normalized spacial score (nSPS) is 10.6. The van der Waals surface area contributed by atoms with Gasteiger partial charge in [0.2, 0.25) is 0 Å². The number of benzene rings is 1. The second-order valence-electron chi connectivity index (χ2n) is 5.01. The Bertz CT molecular complexity index is 539. The van der Waals surface area contributed by atoms with E-state index in [-0.39, 0.29) is 0 Å². The number of nitrogens with one attached hydrogen (secondary N) is 1. The molecular weight excluding hydrogens is 264 g/mol. The zero-order valence-corrected chi connectivity index (χ0v) is 13.7. The molecule has 1 aromatic heterocycles.